The molecule has 2 rings (SSSR count). The Bertz CT molecular complexity index is 510. The maximum Gasteiger partial charge on any atom is 0.306 e. The lowest BCUT2D eigenvalue weighted by Gasteiger charge is -2.15. The van der Waals surface area contributed by atoms with Crippen LogP contribution in [0, 0.1) is 23.1 Å². The fourth-order valence-corrected chi connectivity index (χ4v) is 2.31. The lowest BCUT2D eigenvalue weighted by atomic mass is 10.1. The molecule has 18 heavy (non-hydrogen) atoms. The predicted octanol–water partition coefficient (Wildman–Crippen LogP) is 2.36. The van der Waals surface area contributed by atoms with Gasteiger partial charge in [0.05, 0.1) is 11.6 Å². The summed E-state index contributed by atoms with van der Waals surface area (Å²) in [4.78, 5) is 10.8. The van der Waals surface area contributed by atoms with Crippen LogP contribution in [0.5, 0.6) is 0 Å². The molecule has 1 fully saturated rings. The van der Waals surface area contributed by atoms with Gasteiger partial charge in [0.1, 0.15) is 17.4 Å². The minimum absolute atomic E-state index is 0.0139. The van der Waals surface area contributed by atoms with Gasteiger partial charge in [-0.1, -0.05) is 6.07 Å². The van der Waals surface area contributed by atoms with Gasteiger partial charge in [0.2, 0.25) is 0 Å². The zero-order valence-corrected chi connectivity index (χ0v) is 9.69. The van der Waals surface area contributed by atoms with Crippen LogP contribution in [0.1, 0.15) is 24.8 Å². The second-order valence-electron chi connectivity index (χ2n) is 4.46. The summed E-state index contributed by atoms with van der Waals surface area (Å²) in [6.07, 6.45) is 1.85. The Hall–Kier alpha value is -2.09. The SMILES string of the molecule is N#Cc1c(F)cccc1NC1CCC(C(=O)O)C1. The van der Waals surface area contributed by atoms with Gasteiger partial charge in [0.25, 0.3) is 0 Å². The number of nitrogens with zero attached hydrogens (tertiary/aromatic N) is 1. The van der Waals surface area contributed by atoms with Crippen molar-refractivity contribution >= 4 is 11.7 Å². The van der Waals surface area contributed by atoms with E-state index in [9.17, 15) is 9.18 Å². The molecule has 4 nitrogen and oxygen atoms in total. The standard InChI is InChI=1S/C13H13FN2O2/c14-11-2-1-3-12(10(11)7-15)16-9-5-4-8(6-9)13(17)18/h1-3,8-9,16H,4-6H2,(H,17,18). The molecule has 2 atom stereocenters. The summed E-state index contributed by atoms with van der Waals surface area (Å²) >= 11 is 0. The summed E-state index contributed by atoms with van der Waals surface area (Å²) in [6.45, 7) is 0. The minimum atomic E-state index is -0.793. The van der Waals surface area contributed by atoms with Crippen LogP contribution in [0.25, 0.3) is 0 Å². The highest BCUT2D eigenvalue weighted by molar-refractivity contribution is 5.70. The number of hydrogen-bond donors (Lipinski definition) is 2. The average Bonchev–Trinajstić information content (AvgIpc) is 2.78. The maximum absolute atomic E-state index is 13.4. The van der Waals surface area contributed by atoms with E-state index in [4.69, 9.17) is 10.4 Å². The van der Waals surface area contributed by atoms with Gasteiger partial charge in [-0.25, -0.2) is 4.39 Å². The summed E-state index contributed by atoms with van der Waals surface area (Å²) in [5, 5.41) is 20.9. The normalized spacial score (nSPS) is 22.4. The van der Waals surface area contributed by atoms with Crippen molar-refractivity contribution in [1.29, 1.82) is 5.26 Å². The van der Waals surface area contributed by atoms with Crippen molar-refractivity contribution in [3.63, 3.8) is 0 Å². The first-order valence-corrected chi connectivity index (χ1v) is 5.79. The molecule has 0 saturated heterocycles. The molecule has 0 aromatic heterocycles. The highest BCUT2D eigenvalue weighted by Crippen LogP contribution is 2.29. The van der Waals surface area contributed by atoms with E-state index in [1.807, 2.05) is 6.07 Å². The summed E-state index contributed by atoms with van der Waals surface area (Å²) in [7, 11) is 0. The fourth-order valence-electron chi connectivity index (χ4n) is 2.31. The number of benzene rings is 1. The Morgan fingerprint density at radius 1 is 1.50 bits per heavy atom. The van der Waals surface area contributed by atoms with Crippen molar-refractivity contribution in [2.45, 2.75) is 25.3 Å². The van der Waals surface area contributed by atoms with Crippen LogP contribution in [-0.4, -0.2) is 17.1 Å². The van der Waals surface area contributed by atoms with Crippen LogP contribution in [0.3, 0.4) is 0 Å². The Balaban J connectivity index is 2.10. The molecule has 0 radical (unpaired) electrons. The number of rotatable bonds is 3. The first-order valence-electron chi connectivity index (χ1n) is 5.79. The summed E-state index contributed by atoms with van der Waals surface area (Å²) in [5.74, 6) is -1.70. The quantitative estimate of drug-likeness (QED) is 0.861. The van der Waals surface area contributed by atoms with Crippen molar-refractivity contribution in [2.24, 2.45) is 5.92 Å². The number of anilines is 1. The van der Waals surface area contributed by atoms with E-state index in [0.717, 1.165) is 6.42 Å². The second kappa shape index (κ2) is 5.05. The van der Waals surface area contributed by atoms with Crippen LogP contribution in [-0.2, 0) is 4.79 Å². The number of nitriles is 1. The summed E-state index contributed by atoms with van der Waals surface area (Å²) in [6, 6.07) is 6.20. The van der Waals surface area contributed by atoms with E-state index in [2.05, 4.69) is 5.32 Å². The van der Waals surface area contributed by atoms with Gasteiger partial charge in [-0.15, -0.1) is 0 Å². The van der Waals surface area contributed by atoms with Gasteiger partial charge >= 0.3 is 5.97 Å². The molecule has 0 bridgehead atoms. The van der Waals surface area contributed by atoms with Crippen molar-refractivity contribution in [2.75, 3.05) is 5.32 Å². The van der Waals surface area contributed by atoms with Crippen LogP contribution < -0.4 is 5.32 Å². The van der Waals surface area contributed by atoms with Crippen LogP contribution in [0.15, 0.2) is 18.2 Å². The van der Waals surface area contributed by atoms with Crippen LogP contribution in [0.4, 0.5) is 10.1 Å². The monoisotopic (exact) mass is 248 g/mol. The molecule has 0 aliphatic heterocycles. The molecule has 1 aliphatic rings. The molecule has 5 heteroatoms. The van der Waals surface area contributed by atoms with Gasteiger partial charge in [0, 0.05) is 6.04 Å². The van der Waals surface area contributed by atoms with Crippen molar-refractivity contribution in [3.05, 3.63) is 29.6 Å². The largest absolute Gasteiger partial charge is 0.481 e. The van der Waals surface area contributed by atoms with Crippen molar-refractivity contribution in [1.82, 2.24) is 0 Å². The molecule has 1 aliphatic carbocycles. The Morgan fingerprint density at radius 2 is 2.28 bits per heavy atom. The first-order chi connectivity index (χ1) is 8.61. The number of nitrogens with one attached hydrogen (secondary N) is 1. The van der Waals surface area contributed by atoms with Crippen LogP contribution >= 0.6 is 0 Å². The number of carbonyl (C=O) groups is 1. The van der Waals surface area contributed by atoms with Gasteiger partial charge in [-0.2, -0.15) is 5.26 Å². The van der Waals surface area contributed by atoms with Crippen molar-refractivity contribution in [3.8, 4) is 6.07 Å². The third kappa shape index (κ3) is 2.43. The molecular weight excluding hydrogens is 235 g/mol. The van der Waals surface area contributed by atoms with Gasteiger partial charge in [-0.3, -0.25) is 4.79 Å². The molecule has 94 valence electrons. The number of halogens is 1. The van der Waals surface area contributed by atoms with E-state index in [0.29, 0.717) is 18.5 Å². The van der Waals surface area contributed by atoms with E-state index in [1.54, 1.807) is 6.07 Å². The van der Waals surface area contributed by atoms with Crippen molar-refractivity contribution < 1.29 is 14.3 Å². The topological polar surface area (TPSA) is 73.1 Å². The predicted molar refractivity (Wildman–Crippen MR) is 63.5 cm³/mol. The zero-order valence-electron chi connectivity index (χ0n) is 9.69. The lowest BCUT2D eigenvalue weighted by Crippen LogP contribution is -2.18. The molecule has 2 N–H and O–H groups in total. The molecule has 1 aromatic rings. The third-order valence-electron chi connectivity index (χ3n) is 3.27. The van der Waals surface area contributed by atoms with Gasteiger partial charge in [0.15, 0.2) is 0 Å². The highest BCUT2D eigenvalue weighted by atomic mass is 19.1. The minimum Gasteiger partial charge on any atom is -0.481 e. The molecule has 0 amide bonds. The van der Waals surface area contributed by atoms with E-state index >= 15 is 0 Å². The Morgan fingerprint density at radius 3 is 2.89 bits per heavy atom. The molecular formula is C13H13FN2O2. The Kier molecular flexibility index (Phi) is 3.47. The van der Waals surface area contributed by atoms with E-state index < -0.39 is 11.8 Å². The summed E-state index contributed by atoms with van der Waals surface area (Å²) in [5.41, 5.74) is 0.421. The lowest BCUT2D eigenvalue weighted by molar-refractivity contribution is -0.141. The van der Waals surface area contributed by atoms with Gasteiger partial charge in [-0.05, 0) is 31.4 Å². The number of carboxylic acid groups (broad SMARTS) is 1. The highest BCUT2D eigenvalue weighted by Gasteiger charge is 2.30. The molecule has 1 saturated carbocycles. The first kappa shape index (κ1) is 12.4. The zero-order chi connectivity index (χ0) is 13.1. The number of aliphatic carboxylic acids is 1. The maximum atomic E-state index is 13.4. The van der Waals surface area contributed by atoms with Crippen LogP contribution in [0.2, 0.25) is 0 Å². The average molecular weight is 248 g/mol. The van der Waals surface area contributed by atoms with E-state index in [1.165, 1.54) is 12.1 Å². The van der Waals surface area contributed by atoms with E-state index in [-0.39, 0.29) is 17.5 Å². The molecule has 0 spiro atoms. The molecule has 2 unspecified atom stereocenters. The fraction of sp³-hybridized carbons (Fsp3) is 0.385. The van der Waals surface area contributed by atoms with Gasteiger partial charge < -0.3 is 10.4 Å². The molecule has 0 heterocycles. The number of hydrogen-bond acceptors (Lipinski definition) is 3. The summed E-state index contributed by atoms with van der Waals surface area (Å²) < 4.78 is 13.4. The smallest absolute Gasteiger partial charge is 0.306 e. The molecule has 1 aromatic carbocycles. The second-order valence-corrected chi connectivity index (χ2v) is 4.46. The third-order valence-corrected chi connectivity index (χ3v) is 3.27. The Labute approximate surface area is 104 Å². The number of carboxylic acids is 1.